The number of ether oxygens (including phenoxy) is 1. The standard InChI is InChI=1S/C7H9NO3S/c1-3-11-7-8-4(2)5(12-7)6(9)10/h3H2,1-2H3,(H,9,10). The lowest BCUT2D eigenvalue weighted by Gasteiger charge is -1.92. The molecular formula is C7H9NO3S. The number of aromatic nitrogens is 1. The highest BCUT2D eigenvalue weighted by Crippen LogP contribution is 2.24. The maximum atomic E-state index is 10.6. The summed E-state index contributed by atoms with van der Waals surface area (Å²) in [7, 11) is 0. The summed E-state index contributed by atoms with van der Waals surface area (Å²) >= 11 is 1.06. The van der Waals surface area contributed by atoms with Gasteiger partial charge in [0.1, 0.15) is 4.88 Å². The quantitative estimate of drug-likeness (QED) is 0.779. The van der Waals surface area contributed by atoms with E-state index < -0.39 is 5.97 Å². The number of aryl methyl sites for hydroxylation is 1. The number of hydrogen-bond acceptors (Lipinski definition) is 4. The molecule has 0 spiro atoms. The Morgan fingerprint density at radius 2 is 2.42 bits per heavy atom. The number of thiazole rings is 1. The topological polar surface area (TPSA) is 59.4 Å². The van der Waals surface area contributed by atoms with Gasteiger partial charge in [-0.1, -0.05) is 11.3 Å². The molecule has 1 N–H and O–H groups in total. The van der Waals surface area contributed by atoms with Crippen LogP contribution < -0.4 is 4.74 Å². The Hall–Kier alpha value is -1.10. The molecule has 0 aliphatic carbocycles. The first-order chi connectivity index (χ1) is 5.65. The molecule has 1 rings (SSSR count). The van der Waals surface area contributed by atoms with E-state index in [9.17, 15) is 4.79 Å². The molecule has 1 aromatic heterocycles. The molecule has 0 unspecified atom stereocenters. The molecule has 0 aliphatic rings. The Labute approximate surface area is 73.8 Å². The van der Waals surface area contributed by atoms with Crippen LogP contribution in [0.3, 0.4) is 0 Å². The minimum absolute atomic E-state index is 0.249. The number of hydrogen-bond donors (Lipinski definition) is 1. The molecule has 0 saturated carbocycles. The number of carbonyl (C=O) groups is 1. The second-order valence-corrected chi connectivity index (χ2v) is 3.09. The third-order valence-electron chi connectivity index (χ3n) is 1.24. The lowest BCUT2D eigenvalue weighted by atomic mass is 10.4. The third kappa shape index (κ3) is 1.73. The lowest BCUT2D eigenvalue weighted by Crippen LogP contribution is -1.94. The zero-order chi connectivity index (χ0) is 9.14. The molecule has 4 nitrogen and oxygen atoms in total. The SMILES string of the molecule is CCOc1nc(C)c(C(=O)O)s1. The van der Waals surface area contributed by atoms with E-state index in [1.807, 2.05) is 6.92 Å². The number of carboxylic acids is 1. The fraction of sp³-hybridized carbons (Fsp3) is 0.429. The average Bonchev–Trinajstić information content (AvgIpc) is 2.32. The Bertz CT molecular complexity index is 295. The average molecular weight is 187 g/mol. The van der Waals surface area contributed by atoms with E-state index in [-0.39, 0.29) is 4.88 Å². The predicted molar refractivity (Wildman–Crippen MR) is 45.0 cm³/mol. The first-order valence-electron chi connectivity index (χ1n) is 3.48. The van der Waals surface area contributed by atoms with E-state index >= 15 is 0 Å². The predicted octanol–water partition coefficient (Wildman–Crippen LogP) is 1.55. The van der Waals surface area contributed by atoms with Gasteiger partial charge in [0.2, 0.25) is 0 Å². The number of rotatable bonds is 3. The minimum atomic E-state index is -0.948. The molecule has 1 heterocycles. The van der Waals surface area contributed by atoms with E-state index in [4.69, 9.17) is 9.84 Å². The van der Waals surface area contributed by atoms with Gasteiger partial charge in [-0.05, 0) is 13.8 Å². The molecule has 0 fully saturated rings. The molecule has 5 heteroatoms. The van der Waals surface area contributed by atoms with Gasteiger partial charge in [-0.3, -0.25) is 0 Å². The summed E-state index contributed by atoms with van der Waals surface area (Å²) in [5.41, 5.74) is 0.510. The molecule has 1 aromatic rings. The Morgan fingerprint density at radius 1 is 1.75 bits per heavy atom. The van der Waals surface area contributed by atoms with Crippen molar-refractivity contribution in [2.75, 3.05) is 6.61 Å². The van der Waals surface area contributed by atoms with Crippen molar-refractivity contribution in [2.24, 2.45) is 0 Å². The van der Waals surface area contributed by atoms with Crippen LogP contribution in [-0.4, -0.2) is 22.7 Å². The first-order valence-corrected chi connectivity index (χ1v) is 4.30. The summed E-state index contributed by atoms with van der Waals surface area (Å²) in [6.45, 7) is 3.99. The van der Waals surface area contributed by atoms with Crippen molar-refractivity contribution >= 4 is 17.3 Å². The van der Waals surface area contributed by atoms with Crippen LogP contribution in [0.15, 0.2) is 0 Å². The Morgan fingerprint density at radius 3 is 2.83 bits per heavy atom. The van der Waals surface area contributed by atoms with E-state index in [1.165, 1.54) is 0 Å². The van der Waals surface area contributed by atoms with E-state index in [1.54, 1.807) is 6.92 Å². The van der Waals surface area contributed by atoms with Gasteiger partial charge in [0.05, 0.1) is 12.3 Å². The van der Waals surface area contributed by atoms with Crippen LogP contribution in [0, 0.1) is 6.92 Å². The van der Waals surface area contributed by atoms with Gasteiger partial charge in [0, 0.05) is 0 Å². The highest BCUT2D eigenvalue weighted by Gasteiger charge is 2.13. The van der Waals surface area contributed by atoms with Crippen LogP contribution in [0.1, 0.15) is 22.3 Å². The Balaban J connectivity index is 2.92. The summed E-state index contributed by atoms with van der Waals surface area (Å²) in [4.78, 5) is 14.7. The Kier molecular flexibility index (Phi) is 2.65. The fourth-order valence-electron chi connectivity index (χ4n) is 0.755. The zero-order valence-corrected chi connectivity index (χ0v) is 7.64. The van der Waals surface area contributed by atoms with Crippen molar-refractivity contribution in [1.82, 2.24) is 4.98 Å². The van der Waals surface area contributed by atoms with Gasteiger partial charge >= 0.3 is 5.97 Å². The molecule has 0 saturated heterocycles. The fourth-order valence-corrected chi connectivity index (χ4v) is 1.57. The molecular weight excluding hydrogens is 178 g/mol. The van der Waals surface area contributed by atoms with Gasteiger partial charge in [-0.15, -0.1) is 0 Å². The third-order valence-corrected chi connectivity index (χ3v) is 2.30. The summed E-state index contributed by atoms with van der Waals surface area (Å²) in [5.74, 6) is -0.948. The van der Waals surface area contributed by atoms with Gasteiger partial charge < -0.3 is 9.84 Å². The number of nitrogens with zero attached hydrogens (tertiary/aromatic N) is 1. The molecule has 0 bridgehead atoms. The van der Waals surface area contributed by atoms with Gasteiger partial charge in [-0.2, -0.15) is 0 Å². The highest BCUT2D eigenvalue weighted by molar-refractivity contribution is 7.15. The molecule has 0 radical (unpaired) electrons. The van der Waals surface area contributed by atoms with Crippen molar-refractivity contribution in [2.45, 2.75) is 13.8 Å². The summed E-state index contributed by atoms with van der Waals surface area (Å²) in [6.07, 6.45) is 0. The largest absolute Gasteiger partial charge is 0.477 e. The van der Waals surface area contributed by atoms with Gasteiger partial charge in [0.15, 0.2) is 0 Å². The van der Waals surface area contributed by atoms with Gasteiger partial charge in [0.25, 0.3) is 5.19 Å². The van der Waals surface area contributed by atoms with Crippen LogP contribution in [0.2, 0.25) is 0 Å². The maximum absolute atomic E-state index is 10.6. The zero-order valence-electron chi connectivity index (χ0n) is 6.83. The first kappa shape index (κ1) is 8.99. The van der Waals surface area contributed by atoms with Crippen LogP contribution in [0.4, 0.5) is 0 Å². The molecule has 12 heavy (non-hydrogen) atoms. The van der Waals surface area contributed by atoms with Crippen molar-refractivity contribution in [3.63, 3.8) is 0 Å². The van der Waals surface area contributed by atoms with E-state index in [0.29, 0.717) is 17.5 Å². The minimum Gasteiger partial charge on any atom is -0.477 e. The van der Waals surface area contributed by atoms with Crippen LogP contribution in [0.5, 0.6) is 5.19 Å². The highest BCUT2D eigenvalue weighted by atomic mass is 32.1. The second-order valence-electron chi connectivity index (χ2n) is 2.13. The molecule has 0 amide bonds. The lowest BCUT2D eigenvalue weighted by molar-refractivity contribution is 0.0701. The summed E-state index contributed by atoms with van der Waals surface area (Å²) in [6, 6.07) is 0. The van der Waals surface area contributed by atoms with E-state index in [0.717, 1.165) is 11.3 Å². The van der Waals surface area contributed by atoms with Crippen LogP contribution in [-0.2, 0) is 0 Å². The monoisotopic (exact) mass is 187 g/mol. The normalized spacial score (nSPS) is 9.83. The van der Waals surface area contributed by atoms with Crippen molar-refractivity contribution in [3.8, 4) is 5.19 Å². The van der Waals surface area contributed by atoms with Crippen molar-refractivity contribution < 1.29 is 14.6 Å². The smallest absolute Gasteiger partial charge is 0.347 e. The molecule has 0 atom stereocenters. The number of aromatic carboxylic acids is 1. The molecule has 0 aromatic carbocycles. The van der Waals surface area contributed by atoms with Gasteiger partial charge in [-0.25, -0.2) is 9.78 Å². The van der Waals surface area contributed by atoms with E-state index in [2.05, 4.69) is 4.98 Å². The molecule has 0 aliphatic heterocycles. The second kappa shape index (κ2) is 3.53. The van der Waals surface area contributed by atoms with Crippen molar-refractivity contribution in [1.29, 1.82) is 0 Å². The van der Waals surface area contributed by atoms with Crippen molar-refractivity contribution in [3.05, 3.63) is 10.6 Å². The number of carboxylic acid groups (broad SMARTS) is 1. The maximum Gasteiger partial charge on any atom is 0.347 e. The summed E-state index contributed by atoms with van der Waals surface area (Å²) < 4.78 is 5.06. The molecule has 66 valence electrons. The van der Waals surface area contributed by atoms with Crippen LogP contribution >= 0.6 is 11.3 Å². The summed E-state index contributed by atoms with van der Waals surface area (Å²) in [5, 5.41) is 9.09. The van der Waals surface area contributed by atoms with Crippen LogP contribution in [0.25, 0.3) is 0 Å².